The molecule has 0 unspecified atom stereocenters. The van der Waals surface area contributed by atoms with Gasteiger partial charge in [0.1, 0.15) is 11.4 Å². The van der Waals surface area contributed by atoms with Crippen LogP contribution in [0.25, 0.3) is 0 Å². The second kappa shape index (κ2) is 5.60. The molecule has 1 amide bonds. The van der Waals surface area contributed by atoms with Crippen LogP contribution in [0.2, 0.25) is 0 Å². The zero-order valence-corrected chi connectivity index (χ0v) is 10.3. The maximum Gasteiger partial charge on any atom is 0.226 e. The number of thiazole rings is 1. The predicted molar refractivity (Wildman–Crippen MR) is 64.2 cm³/mol. The second-order valence-corrected chi connectivity index (χ2v) is 4.73. The number of oxime groups is 1. The summed E-state index contributed by atoms with van der Waals surface area (Å²) >= 11 is 1.31. The summed E-state index contributed by atoms with van der Waals surface area (Å²) in [5.74, 6) is 0.273. The molecule has 0 saturated heterocycles. The molecular weight excluding hydrogens is 226 g/mol. The third-order valence-corrected chi connectivity index (χ3v) is 2.62. The van der Waals surface area contributed by atoms with E-state index in [-0.39, 0.29) is 5.91 Å². The summed E-state index contributed by atoms with van der Waals surface area (Å²) in [6.45, 7) is 5.61. The van der Waals surface area contributed by atoms with Crippen LogP contribution >= 0.6 is 11.3 Å². The van der Waals surface area contributed by atoms with Gasteiger partial charge in [0.2, 0.25) is 5.91 Å². The minimum atomic E-state index is -0.0468. The molecule has 0 aliphatic rings. The molecular formula is C10H15N3O2S. The van der Waals surface area contributed by atoms with Gasteiger partial charge in [0, 0.05) is 11.8 Å². The fourth-order valence-electron chi connectivity index (χ4n) is 1.09. The zero-order valence-electron chi connectivity index (χ0n) is 9.52. The molecule has 0 fully saturated rings. The smallest absolute Gasteiger partial charge is 0.226 e. The Balaban J connectivity index is 2.62. The van der Waals surface area contributed by atoms with Crippen molar-refractivity contribution in [3.05, 3.63) is 11.1 Å². The molecule has 1 rings (SSSR count). The van der Waals surface area contributed by atoms with Crippen LogP contribution in [0.4, 0.5) is 5.13 Å². The van der Waals surface area contributed by atoms with Crippen LogP contribution in [0.3, 0.4) is 0 Å². The molecule has 0 bridgehead atoms. The number of nitrogens with zero attached hydrogens (tertiary/aromatic N) is 2. The van der Waals surface area contributed by atoms with Gasteiger partial charge in [-0.15, -0.1) is 11.3 Å². The van der Waals surface area contributed by atoms with E-state index in [0.29, 0.717) is 28.9 Å². The van der Waals surface area contributed by atoms with Gasteiger partial charge in [-0.05, 0) is 12.8 Å². The molecule has 5 nitrogen and oxygen atoms in total. The average Bonchev–Trinajstić information content (AvgIpc) is 2.63. The SMILES string of the molecule is CC(=NO)c1csc(NC(=O)CC(C)C)n1. The number of amides is 1. The van der Waals surface area contributed by atoms with E-state index >= 15 is 0 Å². The van der Waals surface area contributed by atoms with Gasteiger partial charge in [0.05, 0.1) is 0 Å². The molecule has 16 heavy (non-hydrogen) atoms. The minimum absolute atomic E-state index is 0.0468. The molecule has 0 aromatic carbocycles. The van der Waals surface area contributed by atoms with Crippen molar-refractivity contribution in [2.24, 2.45) is 11.1 Å². The van der Waals surface area contributed by atoms with Crippen molar-refractivity contribution in [3.8, 4) is 0 Å². The first-order chi connectivity index (χ1) is 7.52. The van der Waals surface area contributed by atoms with E-state index in [9.17, 15) is 4.79 Å². The van der Waals surface area contributed by atoms with Crippen molar-refractivity contribution in [1.29, 1.82) is 0 Å². The fraction of sp³-hybridized carbons (Fsp3) is 0.500. The molecule has 1 aromatic rings. The van der Waals surface area contributed by atoms with Crippen LogP contribution < -0.4 is 5.32 Å². The predicted octanol–water partition coefficient (Wildman–Crippen LogP) is 2.33. The van der Waals surface area contributed by atoms with Gasteiger partial charge in [-0.3, -0.25) is 4.79 Å². The first kappa shape index (κ1) is 12.6. The first-order valence-corrected chi connectivity index (χ1v) is 5.85. The summed E-state index contributed by atoms with van der Waals surface area (Å²) < 4.78 is 0. The lowest BCUT2D eigenvalue weighted by atomic mass is 10.1. The molecule has 6 heteroatoms. The number of carbonyl (C=O) groups excluding carboxylic acids is 1. The van der Waals surface area contributed by atoms with Crippen LogP contribution in [-0.4, -0.2) is 21.8 Å². The Morgan fingerprint density at radius 3 is 2.94 bits per heavy atom. The lowest BCUT2D eigenvalue weighted by Gasteiger charge is -2.03. The van der Waals surface area contributed by atoms with Crippen molar-refractivity contribution in [3.63, 3.8) is 0 Å². The number of rotatable bonds is 4. The van der Waals surface area contributed by atoms with Gasteiger partial charge in [-0.1, -0.05) is 19.0 Å². The lowest BCUT2D eigenvalue weighted by Crippen LogP contribution is -2.13. The Labute approximate surface area is 98.2 Å². The number of aromatic nitrogens is 1. The average molecular weight is 241 g/mol. The Hall–Kier alpha value is -1.43. The lowest BCUT2D eigenvalue weighted by molar-refractivity contribution is -0.116. The summed E-state index contributed by atoms with van der Waals surface area (Å²) in [6, 6.07) is 0. The van der Waals surface area contributed by atoms with E-state index in [1.54, 1.807) is 12.3 Å². The van der Waals surface area contributed by atoms with Gasteiger partial charge in [0.15, 0.2) is 5.13 Å². The van der Waals surface area contributed by atoms with E-state index in [1.165, 1.54) is 11.3 Å². The number of hydrogen-bond acceptors (Lipinski definition) is 5. The van der Waals surface area contributed by atoms with Crippen molar-refractivity contribution in [1.82, 2.24) is 4.98 Å². The Kier molecular flexibility index (Phi) is 4.42. The Bertz CT molecular complexity index is 399. The van der Waals surface area contributed by atoms with Gasteiger partial charge in [-0.2, -0.15) is 0 Å². The molecule has 1 heterocycles. The van der Waals surface area contributed by atoms with Crippen molar-refractivity contribution in [2.75, 3.05) is 5.32 Å². The molecule has 0 radical (unpaired) electrons. The normalized spacial score (nSPS) is 11.9. The molecule has 0 atom stereocenters. The van der Waals surface area contributed by atoms with Gasteiger partial charge in [0.25, 0.3) is 0 Å². The van der Waals surface area contributed by atoms with E-state index in [2.05, 4.69) is 15.5 Å². The fourth-order valence-corrected chi connectivity index (χ4v) is 1.86. The quantitative estimate of drug-likeness (QED) is 0.482. The number of hydrogen-bond donors (Lipinski definition) is 2. The minimum Gasteiger partial charge on any atom is -0.411 e. The summed E-state index contributed by atoms with van der Waals surface area (Å²) in [5.41, 5.74) is 1.01. The van der Waals surface area contributed by atoms with E-state index in [4.69, 9.17) is 5.21 Å². The van der Waals surface area contributed by atoms with Crippen molar-refractivity contribution >= 4 is 28.1 Å². The highest BCUT2D eigenvalue weighted by molar-refractivity contribution is 7.14. The summed E-state index contributed by atoms with van der Waals surface area (Å²) in [7, 11) is 0. The third-order valence-electron chi connectivity index (χ3n) is 1.86. The van der Waals surface area contributed by atoms with E-state index in [1.807, 2.05) is 13.8 Å². The van der Waals surface area contributed by atoms with Gasteiger partial charge >= 0.3 is 0 Å². The Morgan fingerprint density at radius 2 is 2.38 bits per heavy atom. The van der Waals surface area contributed by atoms with Gasteiger partial charge in [-0.25, -0.2) is 4.98 Å². The monoisotopic (exact) mass is 241 g/mol. The molecule has 1 aromatic heterocycles. The summed E-state index contributed by atoms with van der Waals surface area (Å²) in [6.07, 6.45) is 0.474. The maximum atomic E-state index is 11.4. The maximum absolute atomic E-state index is 11.4. The van der Waals surface area contributed by atoms with Crippen LogP contribution in [0.15, 0.2) is 10.5 Å². The molecule has 0 spiro atoms. The number of carbonyl (C=O) groups is 1. The summed E-state index contributed by atoms with van der Waals surface area (Å²) in [4.78, 5) is 15.6. The molecule has 2 N–H and O–H groups in total. The van der Waals surface area contributed by atoms with E-state index < -0.39 is 0 Å². The summed E-state index contributed by atoms with van der Waals surface area (Å²) in [5, 5.41) is 16.6. The highest BCUT2D eigenvalue weighted by Gasteiger charge is 2.09. The first-order valence-electron chi connectivity index (χ1n) is 4.97. The van der Waals surface area contributed by atoms with Crippen LogP contribution in [-0.2, 0) is 4.79 Å². The highest BCUT2D eigenvalue weighted by atomic mass is 32.1. The molecule has 88 valence electrons. The molecule has 0 aliphatic carbocycles. The number of nitrogens with one attached hydrogen (secondary N) is 1. The van der Waals surface area contributed by atoms with Crippen LogP contribution in [0.1, 0.15) is 32.9 Å². The molecule has 0 saturated carbocycles. The topological polar surface area (TPSA) is 74.6 Å². The molecule has 0 aliphatic heterocycles. The second-order valence-electron chi connectivity index (χ2n) is 3.87. The van der Waals surface area contributed by atoms with Crippen LogP contribution in [0.5, 0.6) is 0 Å². The van der Waals surface area contributed by atoms with Crippen molar-refractivity contribution < 1.29 is 10.0 Å². The Morgan fingerprint density at radius 1 is 1.69 bits per heavy atom. The van der Waals surface area contributed by atoms with E-state index in [0.717, 1.165) is 0 Å². The zero-order chi connectivity index (χ0) is 12.1. The third kappa shape index (κ3) is 3.62. The largest absolute Gasteiger partial charge is 0.411 e. The van der Waals surface area contributed by atoms with Crippen LogP contribution in [0, 0.1) is 5.92 Å². The number of anilines is 1. The van der Waals surface area contributed by atoms with Gasteiger partial charge < -0.3 is 10.5 Å². The standard InChI is InChI=1S/C10H15N3O2S/c1-6(2)4-9(14)12-10-11-8(5-16-10)7(3)13-15/h5-6,15H,4H2,1-3H3,(H,11,12,14). The van der Waals surface area contributed by atoms with Crippen molar-refractivity contribution in [2.45, 2.75) is 27.2 Å². The highest BCUT2D eigenvalue weighted by Crippen LogP contribution is 2.16.